The van der Waals surface area contributed by atoms with Crippen molar-refractivity contribution in [1.82, 2.24) is 34.9 Å². The number of aromatic amines is 1. The number of amides is 2. The van der Waals surface area contributed by atoms with Gasteiger partial charge in [-0.15, -0.1) is 0 Å². The number of ether oxygens (including phenoxy) is 2. The van der Waals surface area contributed by atoms with Crippen molar-refractivity contribution in [2.24, 2.45) is 0 Å². The Morgan fingerprint density at radius 3 is 2.72 bits per heavy atom. The minimum absolute atomic E-state index is 0.00745. The third-order valence-electron chi connectivity index (χ3n) is 8.95. The molecule has 3 aromatic heterocycles. The number of nitrogens with one attached hydrogen (secondary N) is 2. The molecule has 7 rings (SSSR count). The number of carbonyl (C=O) groups excluding carboxylic acids is 1. The van der Waals surface area contributed by atoms with Gasteiger partial charge in [0.1, 0.15) is 5.82 Å². The van der Waals surface area contributed by atoms with Crippen molar-refractivity contribution in [3.8, 4) is 22.5 Å². The standard InChI is InChI=1S/C33H41N7O3/c1-20-27(17-35-40(20)23-11-14-42-15-12-23)30-37-29-26(10-13-34-31(29)38-30)22-8-9-25-21(16-22)6-5-7-28(25)36-32(41)39-18-24(19-39)43-33(2,3)4/h8-10,13,16-17,23-24,28H,5-7,11-12,14-15,18-19H2,1-4H3,(H,36,41)(H,34,37,38). The number of hydrogen-bond acceptors (Lipinski definition) is 6. The predicted molar refractivity (Wildman–Crippen MR) is 165 cm³/mol. The van der Waals surface area contributed by atoms with Crippen LogP contribution in [0, 0.1) is 6.92 Å². The average Bonchev–Trinajstić information content (AvgIpc) is 3.57. The Balaban J connectivity index is 1.10. The van der Waals surface area contributed by atoms with Crippen LogP contribution >= 0.6 is 0 Å². The maximum atomic E-state index is 13.0. The molecule has 2 saturated heterocycles. The lowest BCUT2D eigenvalue weighted by molar-refractivity contribution is -0.111. The van der Waals surface area contributed by atoms with Crippen LogP contribution in [0.5, 0.6) is 0 Å². The highest BCUT2D eigenvalue weighted by molar-refractivity contribution is 5.91. The highest BCUT2D eigenvalue weighted by Gasteiger charge is 2.35. The van der Waals surface area contributed by atoms with Crippen LogP contribution in [0.15, 0.2) is 36.7 Å². The highest BCUT2D eigenvalue weighted by Crippen LogP contribution is 2.36. The van der Waals surface area contributed by atoms with Gasteiger partial charge in [0.2, 0.25) is 0 Å². The van der Waals surface area contributed by atoms with E-state index >= 15 is 0 Å². The molecule has 226 valence electrons. The lowest BCUT2D eigenvalue weighted by Crippen LogP contribution is -2.59. The maximum Gasteiger partial charge on any atom is 0.318 e. The molecule has 0 saturated carbocycles. The second-order valence-electron chi connectivity index (χ2n) is 13.1. The number of aromatic nitrogens is 5. The first-order valence-electron chi connectivity index (χ1n) is 15.6. The Hall–Kier alpha value is -3.76. The van der Waals surface area contributed by atoms with Gasteiger partial charge in [0.15, 0.2) is 5.65 Å². The number of aryl methyl sites for hydroxylation is 1. The Morgan fingerprint density at radius 1 is 1.12 bits per heavy atom. The summed E-state index contributed by atoms with van der Waals surface area (Å²) in [5, 5.41) is 8.01. The second-order valence-corrected chi connectivity index (χ2v) is 13.1. The minimum Gasteiger partial charge on any atom is -0.381 e. The molecule has 1 aromatic carbocycles. The zero-order valence-electron chi connectivity index (χ0n) is 25.5. The summed E-state index contributed by atoms with van der Waals surface area (Å²) in [6.07, 6.45) is 8.77. The van der Waals surface area contributed by atoms with Crippen molar-refractivity contribution in [3.63, 3.8) is 0 Å². The van der Waals surface area contributed by atoms with E-state index in [1.54, 1.807) is 0 Å². The van der Waals surface area contributed by atoms with Gasteiger partial charge in [-0.25, -0.2) is 14.8 Å². The molecule has 2 N–H and O–H groups in total. The summed E-state index contributed by atoms with van der Waals surface area (Å²) in [7, 11) is 0. The van der Waals surface area contributed by atoms with Crippen LogP contribution < -0.4 is 5.32 Å². The van der Waals surface area contributed by atoms with E-state index in [0.717, 1.165) is 79.0 Å². The van der Waals surface area contributed by atoms with Crippen LogP contribution in [0.3, 0.4) is 0 Å². The first-order valence-corrected chi connectivity index (χ1v) is 15.6. The number of pyridine rings is 1. The van der Waals surface area contributed by atoms with Gasteiger partial charge >= 0.3 is 6.03 Å². The van der Waals surface area contributed by atoms with E-state index in [1.807, 2.05) is 23.4 Å². The van der Waals surface area contributed by atoms with E-state index in [2.05, 4.69) is 65.9 Å². The predicted octanol–water partition coefficient (Wildman–Crippen LogP) is 5.73. The van der Waals surface area contributed by atoms with Gasteiger partial charge in [0, 0.05) is 30.7 Å². The number of imidazole rings is 1. The largest absolute Gasteiger partial charge is 0.381 e. The zero-order chi connectivity index (χ0) is 29.7. The van der Waals surface area contributed by atoms with Crippen LogP contribution in [-0.4, -0.2) is 73.7 Å². The fraction of sp³-hybridized carbons (Fsp3) is 0.515. The molecule has 0 spiro atoms. The van der Waals surface area contributed by atoms with Crippen LogP contribution in [0.25, 0.3) is 33.7 Å². The Morgan fingerprint density at radius 2 is 1.93 bits per heavy atom. The summed E-state index contributed by atoms with van der Waals surface area (Å²) in [5.41, 5.74) is 8.19. The molecule has 1 aliphatic carbocycles. The summed E-state index contributed by atoms with van der Waals surface area (Å²) in [6.45, 7) is 11.1. The molecule has 5 heterocycles. The molecule has 2 aliphatic heterocycles. The normalized spacial score (nSPS) is 19.8. The van der Waals surface area contributed by atoms with Crippen molar-refractivity contribution < 1.29 is 14.3 Å². The number of benzene rings is 1. The Labute approximate surface area is 252 Å². The molecule has 3 aliphatic rings. The SMILES string of the molecule is Cc1c(-c2nc3nccc(-c4ccc5c(c4)CCCC5NC(=O)N4CC(OC(C)(C)C)C4)c3[nH]2)cnn1C1CCOCC1. The number of nitrogens with zero attached hydrogens (tertiary/aromatic N) is 5. The summed E-state index contributed by atoms with van der Waals surface area (Å²) >= 11 is 0. The molecule has 1 unspecified atom stereocenters. The average molecular weight is 584 g/mol. The van der Waals surface area contributed by atoms with Gasteiger partial charge in [-0.05, 0) is 82.6 Å². The van der Waals surface area contributed by atoms with Gasteiger partial charge in [0.05, 0.1) is 54.2 Å². The number of H-pyrrole nitrogens is 1. The Bertz CT molecular complexity index is 1640. The molecule has 4 aromatic rings. The van der Waals surface area contributed by atoms with E-state index < -0.39 is 0 Å². The summed E-state index contributed by atoms with van der Waals surface area (Å²) in [4.78, 5) is 27.9. The monoisotopic (exact) mass is 583 g/mol. The molecule has 1 atom stereocenters. The van der Waals surface area contributed by atoms with Gasteiger partial charge in [0.25, 0.3) is 0 Å². The van der Waals surface area contributed by atoms with Crippen LogP contribution in [0.4, 0.5) is 4.79 Å². The zero-order valence-corrected chi connectivity index (χ0v) is 25.5. The highest BCUT2D eigenvalue weighted by atomic mass is 16.5. The number of likely N-dealkylation sites (tertiary alicyclic amines) is 1. The molecule has 10 nitrogen and oxygen atoms in total. The van der Waals surface area contributed by atoms with E-state index in [4.69, 9.17) is 19.6 Å². The third-order valence-corrected chi connectivity index (χ3v) is 8.95. The van der Waals surface area contributed by atoms with Crippen LogP contribution in [-0.2, 0) is 15.9 Å². The smallest absolute Gasteiger partial charge is 0.318 e. The van der Waals surface area contributed by atoms with Gasteiger partial charge < -0.3 is 24.7 Å². The van der Waals surface area contributed by atoms with Crippen LogP contribution in [0.1, 0.15) is 75.4 Å². The first kappa shape index (κ1) is 28.0. The summed E-state index contributed by atoms with van der Waals surface area (Å²) < 4.78 is 13.7. The maximum absolute atomic E-state index is 13.0. The van der Waals surface area contributed by atoms with Crippen molar-refractivity contribution in [1.29, 1.82) is 0 Å². The molecular weight excluding hydrogens is 542 g/mol. The Kier molecular flexibility index (Phi) is 7.21. The van der Waals surface area contributed by atoms with E-state index in [0.29, 0.717) is 24.8 Å². The molecule has 0 bridgehead atoms. The van der Waals surface area contributed by atoms with Crippen molar-refractivity contribution in [3.05, 3.63) is 53.5 Å². The van der Waals surface area contributed by atoms with Crippen LogP contribution in [0.2, 0.25) is 0 Å². The number of fused-ring (bicyclic) bond motifs is 2. The van der Waals surface area contributed by atoms with E-state index in [9.17, 15) is 4.79 Å². The van der Waals surface area contributed by atoms with Gasteiger partial charge in [-0.1, -0.05) is 18.2 Å². The number of urea groups is 1. The topological polar surface area (TPSA) is 110 Å². The van der Waals surface area contributed by atoms with Crippen molar-refractivity contribution in [2.75, 3.05) is 26.3 Å². The molecule has 43 heavy (non-hydrogen) atoms. The summed E-state index contributed by atoms with van der Waals surface area (Å²) in [6, 6.07) is 9.02. The number of carbonyl (C=O) groups is 1. The van der Waals surface area contributed by atoms with E-state index in [-0.39, 0.29) is 23.8 Å². The molecule has 2 fully saturated rings. The lowest BCUT2D eigenvalue weighted by atomic mass is 9.85. The number of rotatable bonds is 5. The van der Waals surface area contributed by atoms with E-state index in [1.165, 1.54) is 11.1 Å². The quantitative estimate of drug-likeness (QED) is 0.310. The van der Waals surface area contributed by atoms with Crippen molar-refractivity contribution >= 4 is 17.2 Å². The fourth-order valence-electron chi connectivity index (χ4n) is 6.78. The fourth-order valence-corrected chi connectivity index (χ4v) is 6.78. The van der Waals surface area contributed by atoms with Crippen molar-refractivity contribution in [2.45, 2.75) is 83.6 Å². The minimum atomic E-state index is -0.196. The lowest BCUT2D eigenvalue weighted by Gasteiger charge is -2.42. The molecule has 0 radical (unpaired) electrons. The van der Waals surface area contributed by atoms with Gasteiger partial charge in [-0.3, -0.25) is 4.68 Å². The first-order chi connectivity index (χ1) is 20.7. The third kappa shape index (κ3) is 5.54. The number of hydrogen-bond donors (Lipinski definition) is 2. The second kappa shape index (κ2) is 11.1. The summed E-state index contributed by atoms with van der Waals surface area (Å²) in [5.74, 6) is 0.785. The molecular formula is C33H41N7O3. The van der Waals surface area contributed by atoms with Gasteiger partial charge in [-0.2, -0.15) is 5.10 Å². The molecule has 10 heteroatoms. The molecule has 2 amide bonds.